The van der Waals surface area contributed by atoms with Gasteiger partial charge in [0.05, 0.1) is 28.6 Å². The van der Waals surface area contributed by atoms with E-state index < -0.39 is 21.9 Å². The third-order valence-corrected chi connectivity index (χ3v) is 6.77. The summed E-state index contributed by atoms with van der Waals surface area (Å²) in [4.78, 5) is 17.0. The predicted octanol–water partition coefficient (Wildman–Crippen LogP) is 2.89. The van der Waals surface area contributed by atoms with Gasteiger partial charge in [-0.3, -0.25) is 14.7 Å². The maximum absolute atomic E-state index is 13.9. The molecule has 4 rings (SSSR count). The number of pyridine rings is 1. The summed E-state index contributed by atoms with van der Waals surface area (Å²) in [5, 5.41) is 9.22. The van der Waals surface area contributed by atoms with Crippen molar-refractivity contribution in [3.05, 3.63) is 48.2 Å². The molecule has 1 saturated heterocycles. The summed E-state index contributed by atoms with van der Waals surface area (Å²) >= 11 is 0. The van der Waals surface area contributed by atoms with E-state index in [9.17, 15) is 17.6 Å². The summed E-state index contributed by atoms with van der Waals surface area (Å²) < 4.78 is 53.5. The first-order valence-electron chi connectivity index (χ1n) is 10.3. The number of hydrogen-bond acceptors (Lipinski definition) is 8. The van der Waals surface area contributed by atoms with Crippen LogP contribution in [0, 0.1) is 5.95 Å². The zero-order chi connectivity index (χ0) is 23.6. The molecule has 0 radical (unpaired) electrons. The first-order valence-corrected chi connectivity index (χ1v) is 11.8. The highest BCUT2D eigenvalue weighted by Crippen LogP contribution is 2.31. The average molecular weight is 479 g/mol. The predicted molar refractivity (Wildman–Crippen MR) is 117 cm³/mol. The fourth-order valence-corrected chi connectivity index (χ4v) is 4.89. The number of rotatable bonds is 7. The lowest BCUT2D eigenvalue weighted by Gasteiger charge is -2.34. The molecule has 10 nitrogen and oxygen atoms in total. The van der Waals surface area contributed by atoms with Gasteiger partial charge in [-0.1, -0.05) is 0 Å². The van der Waals surface area contributed by atoms with Crippen molar-refractivity contribution in [2.24, 2.45) is 0 Å². The summed E-state index contributed by atoms with van der Waals surface area (Å²) in [6, 6.07) is 6.46. The zero-order valence-corrected chi connectivity index (χ0v) is 18.6. The molecule has 3 N–H and O–H groups in total. The molecule has 0 bridgehead atoms. The maximum atomic E-state index is 13.9. The van der Waals surface area contributed by atoms with Crippen LogP contribution >= 0.6 is 0 Å². The monoisotopic (exact) mass is 478 g/mol. The number of halogens is 1. The van der Waals surface area contributed by atoms with Crippen LogP contribution in [0.3, 0.4) is 0 Å². The van der Waals surface area contributed by atoms with Crippen LogP contribution in [0.25, 0.3) is 11.0 Å². The normalized spacial score (nSPS) is 15.1. The van der Waals surface area contributed by atoms with Crippen molar-refractivity contribution in [1.29, 1.82) is 0 Å². The second kappa shape index (κ2) is 9.33. The van der Waals surface area contributed by atoms with E-state index in [0.29, 0.717) is 30.8 Å². The number of hydroxylamine groups is 1. The number of carbonyl (C=O) groups is 1. The highest BCUT2D eigenvalue weighted by Gasteiger charge is 2.25. The number of anilines is 2. The minimum Gasteiger partial charge on any atom is -0.451 e. The lowest BCUT2D eigenvalue weighted by atomic mass is 10.1. The van der Waals surface area contributed by atoms with E-state index in [2.05, 4.69) is 9.71 Å². The van der Waals surface area contributed by atoms with Gasteiger partial charge in [-0.05, 0) is 38.0 Å². The van der Waals surface area contributed by atoms with Crippen molar-refractivity contribution >= 4 is 38.3 Å². The molecule has 0 atom stereocenters. The summed E-state index contributed by atoms with van der Waals surface area (Å²) in [6.07, 6.45) is 2.97. The Kier molecular flexibility index (Phi) is 6.49. The van der Waals surface area contributed by atoms with Gasteiger partial charge in [0.15, 0.2) is 5.76 Å². The Morgan fingerprint density at radius 3 is 2.76 bits per heavy atom. The number of hydrogen-bond donors (Lipinski definition) is 3. The fraction of sp³-hybridized carbons (Fsp3) is 0.333. The van der Waals surface area contributed by atoms with Crippen molar-refractivity contribution < 1.29 is 32.0 Å². The van der Waals surface area contributed by atoms with Gasteiger partial charge in [0.2, 0.25) is 5.95 Å². The minimum atomic E-state index is -4.12. The number of nitrogens with one attached hydrogen (secondary N) is 2. The number of ether oxygens (including phenoxy) is 1. The number of amides is 1. The number of fused-ring (bicyclic) bond motifs is 1. The Hall–Kier alpha value is -3.22. The quantitative estimate of drug-likeness (QED) is 0.268. The maximum Gasteiger partial charge on any atom is 0.310 e. The molecule has 0 aliphatic carbocycles. The Morgan fingerprint density at radius 1 is 1.30 bits per heavy atom. The van der Waals surface area contributed by atoms with E-state index in [-0.39, 0.29) is 28.0 Å². The van der Waals surface area contributed by atoms with E-state index >= 15 is 0 Å². The molecule has 1 aliphatic heterocycles. The largest absolute Gasteiger partial charge is 0.451 e. The van der Waals surface area contributed by atoms with Crippen LogP contribution in [0.5, 0.6) is 0 Å². The number of benzene rings is 1. The van der Waals surface area contributed by atoms with E-state index in [1.807, 2.05) is 11.8 Å². The van der Waals surface area contributed by atoms with Crippen LogP contribution < -0.4 is 15.1 Å². The number of carbonyl (C=O) groups excluding carboxylic acids is 1. The molecular weight excluding hydrogens is 455 g/mol. The van der Waals surface area contributed by atoms with Crippen LogP contribution in [0.2, 0.25) is 0 Å². The fourth-order valence-electron chi connectivity index (χ4n) is 3.80. The van der Waals surface area contributed by atoms with Gasteiger partial charge in [-0.25, -0.2) is 18.9 Å². The average Bonchev–Trinajstić information content (AvgIpc) is 3.23. The van der Waals surface area contributed by atoms with Gasteiger partial charge in [0.1, 0.15) is 5.58 Å². The van der Waals surface area contributed by atoms with Crippen LogP contribution in [-0.4, -0.2) is 50.3 Å². The second-order valence-corrected chi connectivity index (χ2v) is 9.21. The number of aromatic nitrogens is 1. The first kappa shape index (κ1) is 23.0. The topological polar surface area (TPSA) is 134 Å². The molecule has 1 amide bonds. The molecule has 1 aromatic carbocycles. The van der Waals surface area contributed by atoms with E-state index in [1.54, 1.807) is 0 Å². The van der Waals surface area contributed by atoms with Crippen LogP contribution in [0.15, 0.2) is 45.8 Å². The van der Waals surface area contributed by atoms with Gasteiger partial charge < -0.3 is 14.1 Å². The van der Waals surface area contributed by atoms with E-state index in [4.69, 9.17) is 14.4 Å². The molecule has 0 spiro atoms. The van der Waals surface area contributed by atoms with Crippen molar-refractivity contribution in [2.75, 3.05) is 29.3 Å². The summed E-state index contributed by atoms with van der Waals surface area (Å²) in [5.41, 5.74) is 2.13. The Labute approximate surface area is 189 Å². The molecule has 176 valence electrons. The van der Waals surface area contributed by atoms with Crippen molar-refractivity contribution in [3.63, 3.8) is 0 Å². The number of nitrogens with zero attached hydrogens (tertiary/aromatic N) is 2. The highest BCUT2D eigenvalue weighted by atomic mass is 32.2. The molecule has 3 heterocycles. The molecule has 0 saturated carbocycles. The first-order chi connectivity index (χ1) is 15.8. The molecule has 1 fully saturated rings. The lowest BCUT2D eigenvalue weighted by molar-refractivity contribution is 0.0459. The Bertz CT molecular complexity index is 1270. The van der Waals surface area contributed by atoms with Gasteiger partial charge in [-0.15, -0.1) is 0 Å². The van der Waals surface area contributed by atoms with Gasteiger partial charge in [0.25, 0.3) is 10.0 Å². The molecular formula is C21H23FN4O6S. The third-order valence-electron chi connectivity index (χ3n) is 5.41. The number of furan rings is 1. The molecule has 0 unspecified atom stereocenters. The van der Waals surface area contributed by atoms with Crippen molar-refractivity contribution in [3.8, 4) is 0 Å². The summed E-state index contributed by atoms with van der Waals surface area (Å²) in [7, 11) is -4.12. The molecule has 33 heavy (non-hydrogen) atoms. The molecule has 12 heteroatoms. The summed E-state index contributed by atoms with van der Waals surface area (Å²) in [5.74, 6) is -1.86. The Balaban J connectivity index is 1.60. The lowest BCUT2D eigenvalue weighted by Crippen LogP contribution is -2.37. The van der Waals surface area contributed by atoms with Crippen LogP contribution in [-0.2, 0) is 14.8 Å². The minimum absolute atomic E-state index is 0.0669. The standard InChI is InChI=1S/C21H23FN4O6S/c1-2-31-14-5-7-26(8-6-14)17-12-23-20(22)11-16(17)25-33(29,30)15-4-3-13-9-19(21(27)24-28)32-18(13)10-15/h3-4,9-12,14,28H,2,5-8H2,1H3,(H,23,25)(H,24,27). The Morgan fingerprint density at radius 2 is 2.06 bits per heavy atom. The van der Waals surface area contributed by atoms with Gasteiger partial charge >= 0.3 is 5.91 Å². The number of piperidine rings is 1. The van der Waals surface area contributed by atoms with Crippen LogP contribution in [0.4, 0.5) is 15.8 Å². The van der Waals surface area contributed by atoms with Crippen molar-refractivity contribution in [2.45, 2.75) is 30.8 Å². The van der Waals surface area contributed by atoms with Gasteiger partial charge in [-0.2, -0.15) is 4.39 Å². The van der Waals surface area contributed by atoms with Gasteiger partial charge in [0, 0.05) is 37.2 Å². The van der Waals surface area contributed by atoms with Crippen LogP contribution in [0.1, 0.15) is 30.3 Å². The second-order valence-electron chi connectivity index (χ2n) is 7.52. The third kappa shape index (κ3) is 4.92. The number of sulfonamides is 1. The smallest absolute Gasteiger partial charge is 0.310 e. The SMILES string of the molecule is CCOC1CCN(c2cnc(F)cc2NS(=O)(=O)c2ccc3cc(C(=O)NO)oc3c2)CC1. The van der Waals surface area contributed by atoms with Crippen molar-refractivity contribution in [1.82, 2.24) is 10.5 Å². The summed E-state index contributed by atoms with van der Waals surface area (Å²) in [6.45, 7) is 3.78. The van der Waals surface area contributed by atoms with E-state index in [0.717, 1.165) is 18.9 Å². The van der Waals surface area contributed by atoms with E-state index in [1.165, 1.54) is 35.9 Å². The zero-order valence-electron chi connectivity index (χ0n) is 17.7. The highest BCUT2D eigenvalue weighted by molar-refractivity contribution is 7.92. The molecule has 3 aromatic rings. The molecule has 2 aromatic heterocycles. The molecule has 1 aliphatic rings.